The molecule has 3 rings (SSSR count). The van der Waals surface area contributed by atoms with Crippen LogP contribution in [-0.2, 0) is 9.53 Å². The van der Waals surface area contributed by atoms with Gasteiger partial charge in [0.15, 0.2) is 0 Å². The number of ether oxygens (including phenoxy) is 1. The number of nitrogens with zero attached hydrogens (tertiary/aromatic N) is 2. The molecule has 6 heteroatoms. The van der Waals surface area contributed by atoms with Gasteiger partial charge in [0.1, 0.15) is 6.61 Å². The number of thiazole rings is 2. The van der Waals surface area contributed by atoms with Gasteiger partial charge < -0.3 is 4.74 Å². The molecule has 104 valence electrons. The molecule has 4 nitrogen and oxygen atoms in total. The van der Waals surface area contributed by atoms with Crippen LogP contribution in [0.1, 0.15) is 31.2 Å². The van der Waals surface area contributed by atoms with Crippen LogP contribution in [0.4, 0.5) is 0 Å². The summed E-state index contributed by atoms with van der Waals surface area (Å²) in [5.41, 5.74) is 3.46. The van der Waals surface area contributed by atoms with Crippen molar-refractivity contribution >= 4 is 39.8 Å². The van der Waals surface area contributed by atoms with E-state index in [0.29, 0.717) is 12.2 Å². The molecule has 0 unspecified atom stereocenters. The quantitative estimate of drug-likeness (QED) is 0.799. The van der Waals surface area contributed by atoms with Crippen LogP contribution in [-0.4, -0.2) is 22.5 Å². The van der Waals surface area contributed by atoms with Gasteiger partial charge in [0.05, 0.1) is 36.7 Å². The fraction of sp³-hybridized carbons (Fsp3) is 0.357. The molecule has 0 saturated carbocycles. The molecule has 0 bridgehead atoms. The molecule has 0 radical (unpaired) electrons. The molecule has 0 amide bonds. The molecule has 20 heavy (non-hydrogen) atoms. The van der Waals surface area contributed by atoms with Crippen LogP contribution < -0.4 is 0 Å². The summed E-state index contributed by atoms with van der Waals surface area (Å²) in [6.07, 6.45) is 0. The first-order chi connectivity index (χ1) is 9.47. The predicted octanol–water partition coefficient (Wildman–Crippen LogP) is 3.30. The molecule has 0 aromatic carbocycles. The van der Waals surface area contributed by atoms with Gasteiger partial charge in [-0.25, -0.2) is 14.8 Å². The summed E-state index contributed by atoms with van der Waals surface area (Å²) in [5, 5.41) is 1.96. The van der Waals surface area contributed by atoms with Crippen molar-refractivity contribution in [3.63, 3.8) is 0 Å². The number of carbonyl (C=O) groups is 1. The highest BCUT2D eigenvalue weighted by molar-refractivity contribution is 7.14. The third kappa shape index (κ3) is 2.09. The van der Waals surface area contributed by atoms with Crippen LogP contribution in [0, 0.1) is 27.7 Å². The van der Waals surface area contributed by atoms with Gasteiger partial charge in [-0.3, -0.25) is 0 Å². The summed E-state index contributed by atoms with van der Waals surface area (Å²) >= 11 is 3.15. The molecule has 0 N–H and O–H groups in total. The number of rotatable bonds is 2. The molecule has 2 aromatic heterocycles. The summed E-state index contributed by atoms with van der Waals surface area (Å²) in [6, 6.07) is 0. The molecular formula is C14H14N2O2S2. The lowest BCUT2D eigenvalue weighted by Gasteiger charge is -2.01. The van der Waals surface area contributed by atoms with Crippen molar-refractivity contribution < 1.29 is 9.53 Å². The van der Waals surface area contributed by atoms with Crippen molar-refractivity contribution in [3.8, 4) is 0 Å². The van der Waals surface area contributed by atoms with Crippen molar-refractivity contribution in [2.75, 3.05) is 6.61 Å². The number of esters is 1. The third-order valence-corrected chi connectivity index (χ3v) is 5.38. The van der Waals surface area contributed by atoms with Crippen LogP contribution in [0.5, 0.6) is 0 Å². The second kappa shape index (κ2) is 4.79. The zero-order valence-electron chi connectivity index (χ0n) is 11.7. The molecule has 3 heterocycles. The summed E-state index contributed by atoms with van der Waals surface area (Å²) in [4.78, 5) is 22.9. The van der Waals surface area contributed by atoms with E-state index in [1.807, 2.05) is 27.7 Å². The highest BCUT2D eigenvalue weighted by Gasteiger charge is 2.31. The highest BCUT2D eigenvalue weighted by atomic mass is 32.1. The Hall–Kier alpha value is -1.53. The Morgan fingerprint density at radius 1 is 0.950 bits per heavy atom. The Kier molecular flexibility index (Phi) is 3.22. The minimum atomic E-state index is -0.253. The first-order valence-electron chi connectivity index (χ1n) is 6.26. The molecule has 1 aliphatic rings. The van der Waals surface area contributed by atoms with Crippen LogP contribution >= 0.6 is 22.7 Å². The fourth-order valence-electron chi connectivity index (χ4n) is 2.39. The van der Waals surface area contributed by atoms with Gasteiger partial charge in [-0.1, -0.05) is 0 Å². The lowest BCUT2D eigenvalue weighted by Crippen LogP contribution is -1.98. The summed E-state index contributed by atoms with van der Waals surface area (Å²) in [5.74, 6) is -0.253. The topological polar surface area (TPSA) is 52.1 Å². The highest BCUT2D eigenvalue weighted by Crippen LogP contribution is 2.39. The molecule has 0 spiro atoms. The standard InChI is InChI=1S/C14H14N2O2S2/c1-6-12(19-8(3)15-6)10-5-18-14(17)11(10)13-7(2)16-9(4)20-13/h5H2,1-4H3. The van der Waals surface area contributed by atoms with E-state index >= 15 is 0 Å². The molecule has 0 atom stereocenters. The molecule has 0 fully saturated rings. The molecule has 2 aromatic rings. The van der Waals surface area contributed by atoms with E-state index < -0.39 is 0 Å². The number of aromatic nitrogens is 2. The largest absolute Gasteiger partial charge is 0.457 e. The van der Waals surface area contributed by atoms with Crippen LogP contribution in [0.15, 0.2) is 0 Å². The number of hydrogen-bond donors (Lipinski definition) is 0. The van der Waals surface area contributed by atoms with Gasteiger partial charge >= 0.3 is 5.97 Å². The van der Waals surface area contributed by atoms with Crippen molar-refractivity contribution in [2.45, 2.75) is 27.7 Å². The van der Waals surface area contributed by atoms with Crippen molar-refractivity contribution in [3.05, 3.63) is 31.2 Å². The third-order valence-electron chi connectivity index (χ3n) is 3.16. The van der Waals surface area contributed by atoms with Gasteiger partial charge in [0.25, 0.3) is 0 Å². The zero-order chi connectivity index (χ0) is 14.4. The minimum Gasteiger partial charge on any atom is -0.457 e. The van der Waals surface area contributed by atoms with E-state index in [2.05, 4.69) is 9.97 Å². The van der Waals surface area contributed by atoms with Gasteiger partial charge in [0.2, 0.25) is 0 Å². The average Bonchev–Trinajstić information content (AvgIpc) is 2.98. The van der Waals surface area contributed by atoms with E-state index in [9.17, 15) is 4.79 Å². The van der Waals surface area contributed by atoms with E-state index in [1.165, 1.54) is 0 Å². The van der Waals surface area contributed by atoms with E-state index in [1.54, 1.807) is 22.7 Å². The normalized spacial score (nSPS) is 15.1. The minimum absolute atomic E-state index is 0.253. The Balaban J connectivity index is 2.22. The van der Waals surface area contributed by atoms with Crippen LogP contribution in [0.3, 0.4) is 0 Å². The van der Waals surface area contributed by atoms with Gasteiger partial charge in [-0.05, 0) is 27.7 Å². The predicted molar refractivity (Wildman–Crippen MR) is 80.9 cm³/mol. The molecular weight excluding hydrogens is 292 g/mol. The number of hydrogen-bond acceptors (Lipinski definition) is 6. The Bertz CT molecular complexity index is 740. The Morgan fingerprint density at radius 3 is 2.00 bits per heavy atom. The Labute approximate surface area is 125 Å². The second-order valence-electron chi connectivity index (χ2n) is 4.72. The monoisotopic (exact) mass is 306 g/mol. The average molecular weight is 306 g/mol. The van der Waals surface area contributed by atoms with Gasteiger partial charge in [0, 0.05) is 5.57 Å². The number of carbonyl (C=O) groups excluding carboxylic acids is 1. The van der Waals surface area contributed by atoms with Crippen molar-refractivity contribution in [2.24, 2.45) is 0 Å². The summed E-state index contributed by atoms with van der Waals surface area (Å²) < 4.78 is 5.26. The fourth-order valence-corrected chi connectivity index (χ4v) is 4.32. The van der Waals surface area contributed by atoms with E-state index in [4.69, 9.17) is 4.74 Å². The maximum atomic E-state index is 12.1. The number of aryl methyl sites for hydroxylation is 4. The van der Waals surface area contributed by atoms with Crippen molar-refractivity contribution in [1.82, 2.24) is 9.97 Å². The second-order valence-corrected chi connectivity index (χ2v) is 7.13. The first kappa shape index (κ1) is 13.5. The maximum absolute atomic E-state index is 12.1. The van der Waals surface area contributed by atoms with E-state index in [0.717, 1.165) is 36.7 Å². The lowest BCUT2D eigenvalue weighted by atomic mass is 10.1. The zero-order valence-corrected chi connectivity index (χ0v) is 13.4. The van der Waals surface area contributed by atoms with Crippen LogP contribution in [0.2, 0.25) is 0 Å². The Morgan fingerprint density at radius 2 is 1.50 bits per heavy atom. The SMILES string of the molecule is Cc1nc(C)c(C2=C(c3sc(C)nc3C)C(=O)OC2)s1. The maximum Gasteiger partial charge on any atom is 0.340 e. The summed E-state index contributed by atoms with van der Waals surface area (Å²) in [7, 11) is 0. The van der Waals surface area contributed by atoms with Gasteiger partial charge in [-0.15, -0.1) is 22.7 Å². The summed E-state index contributed by atoms with van der Waals surface area (Å²) in [6.45, 7) is 8.15. The molecule has 0 saturated heterocycles. The smallest absolute Gasteiger partial charge is 0.340 e. The van der Waals surface area contributed by atoms with E-state index in [-0.39, 0.29) is 5.97 Å². The van der Waals surface area contributed by atoms with Gasteiger partial charge in [-0.2, -0.15) is 0 Å². The first-order valence-corrected chi connectivity index (χ1v) is 7.89. The van der Waals surface area contributed by atoms with Crippen molar-refractivity contribution in [1.29, 1.82) is 0 Å². The molecule has 1 aliphatic heterocycles. The van der Waals surface area contributed by atoms with Crippen LogP contribution in [0.25, 0.3) is 11.1 Å². The lowest BCUT2D eigenvalue weighted by molar-refractivity contribution is -0.133. The number of cyclic esters (lactones) is 1. The molecule has 0 aliphatic carbocycles.